The van der Waals surface area contributed by atoms with Gasteiger partial charge in [-0.2, -0.15) is 5.10 Å². The highest BCUT2D eigenvalue weighted by molar-refractivity contribution is 5.30. The predicted octanol–water partition coefficient (Wildman–Crippen LogP) is 1.44. The van der Waals surface area contributed by atoms with Crippen molar-refractivity contribution in [3.63, 3.8) is 0 Å². The van der Waals surface area contributed by atoms with Crippen molar-refractivity contribution in [2.75, 3.05) is 19.7 Å². The van der Waals surface area contributed by atoms with Gasteiger partial charge in [-0.05, 0) is 32.9 Å². The zero-order chi connectivity index (χ0) is 11.7. The van der Waals surface area contributed by atoms with Gasteiger partial charge in [-0.1, -0.05) is 0 Å². The third-order valence-corrected chi connectivity index (χ3v) is 3.95. The molecule has 0 radical (unpaired) electrons. The van der Waals surface area contributed by atoms with Crippen LogP contribution in [0.5, 0.6) is 0 Å². The zero-order valence-electron chi connectivity index (χ0n) is 10.5. The molecule has 3 rings (SSSR count). The topological polar surface area (TPSA) is 39.1 Å². The molecule has 0 unspecified atom stereocenters. The molecule has 0 saturated carbocycles. The summed E-state index contributed by atoms with van der Waals surface area (Å²) in [7, 11) is 0. The van der Waals surface area contributed by atoms with Crippen molar-refractivity contribution < 1.29 is 4.74 Å². The molecule has 0 bridgehead atoms. The molecule has 4 nitrogen and oxygen atoms in total. The smallest absolute Gasteiger partial charge is 0.0753 e. The predicted molar refractivity (Wildman–Crippen MR) is 66.1 cm³/mol. The molecule has 1 aromatic rings. The van der Waals surface area contributed by atoms with Gasteiger partial charge in [0.25, 0.3) is 0 Å². The van der Waals surface area contributed by atoms with E-state index >= 15 is 0 Å². The van der Waals surface area contributed by atoms with Crippen LogP contribution in [0.4, 0.5) is 0 Å². The van der Waals surface area contributed by atoms with Gasteiger partial charge in [0.1, 0.15) is 0 Å². The second-order valence-electron chi connectivity index (χ2n) is 4.95. The van der Waals surface area contributed by atoms with E-state index in [0.717, 1.165) is 39.3 Å². The number of hydrogen-bond donors (Lipinski definition) is 1. The number of nitrogens with zero attached hydrogens (tertiary/aromatic N) is 2. The first kappa shape index (κ1) is 11.2. The third kappa shape index (κ3) is 2.00. The number of nitrogens with one attached hydrogen (secondary N) is 1. The Hall–Kier alpha value is -0.870. The highest BCUT2D eigenvalue weighted by Crippen LogP contribution is 2.31. The van der Waals surface area contributed by atoms with Crippen LogP contribution >= 0.6 is 0 Å². The lowest BCUT2D eigenvalue weighted by molar-refractivity contribution is 0.108. The zero-order valence-corrected chi connectivity index (χ0v) is 10.5. The second-order valence-corrected chi connectivity index (χ2v) is 4.95. The molecule has 94 valence electrons. The van der Waals surface area contributed by atoms with E-state index in [-0.39, 0.29) is 0 Å². The quantitative estimate of drug-likeness (QED) is 0.843. The Morgan fingerprint density at radius 3 is 3.00 bits per heavy atom. The highest BCUT2D eigenvalue weighted by atomic mass is 16.5. The molecule has 0 aliphatic carbocycles. The first-order valence-corrected chi connectivity index (χ1v) is 6.77. The first-order chi connectivity index (χ1) is 8.40. The number of hydrogen-bond acceptors (Lipinski definition) is 3. The molecule has 1 aromatic heterocycles. The minimum absolute atomic E-state index is 0.638. The van der Waals surface area contributed by atoms with Crippen LogP contribution in [0, 0.1) is 0 Å². The molecule has 0 amide bonds. The highest BCUT2D eigenvalue weighted by Gasteiger charge is 2.26. The van der Waals surface area contributed by atoms with Gasteiger partial charge in [0.2, 0.25) is 0 Å². The first-order valence-electron chi connectivity index (χ1n) is 6.77. The summed E-state index contributed by atoms with van der Waals surface area (Å²) in [6, 6.07) is 0. The maximum absolute atomic E-state index is 5.62. The second kappa shape index (κ2) is 4.78. The van der Waals surface area contributed by atoms with Gasteiger partial charge in [-0.3, -0.25) is 4.68 Å². The fourth-order valence-electron chi connectivity index (χ4n) is 3.02. The van der Waals surface area contributed by atoms with Crippen LogP contribution in [0.3, 0.4) is 0 Å². The summed E-state index contributed by atoms with van der Waals surface area (Å²) < 4.78 is 7.81. The van der Waals surface area contributed by atoms with Crippen LogP contribution in [0.15, 0.2) is 0 Å². The van der Waals surface area contributed by atoms with Gasteiger partial charge >= 0.3 is 0 Å². The maximum Gasteiger partial charge on any atom is 0.0753 e. The van der Waals surface area contributed by atoms with Gasteiger partial charge in [0.15, 0.2) is 0 Å². The number of aromatic nitrogens is 2. The molecular weight excluding hydrogens is 214 g/mol. The fourth-order valence-corrected chi connectivity index (χ4v) is 3.02. The standard InChI is InChI=1S/C13H21N3O/c1-2-16-12-5-8-17-9-11(12)13(15-16)10-3-6-14-7-4-10/h10,14H,2-9H2,1H3. The third-order valence-electron chi connectivity index (χ3n) is 3.95. The van der Waals surface area contributed by atoms with E-state index < -0.39 is 0 Å². The summed E-state index contributed by atoms with van der Waals surface area (Å²) in [5.41, 5.74) is 4.14. The summed E-state index contributed by atoms with van der Waals surface area (Å²) in [4.78, 5) is 0. The average Bonchev–Trinajstić information content (AvgIpc) is 2.78. The minimum Gasteiger partial charge on any atom is -0.376 e. The van der Waals surface area contributed by atoms with Gasteiger partial charge in [0.05, 0.1) is 18.9 Å². The van der Waals surface area contributed by atoms with Crippen LogP contribution in [-0.2, 0) is 24.3 Å². The monoisotopic (exact) mass is 235 g/mol. The lowest BCUT2D eigenvalue weighted by atomic mass is 9.91. The van der Waals surface area contributed by atoms with Crippen LogP contribution in [0.1, 0.15) is 42.6 Å². The van der Waals surface area contributed by atoms with Crippen molar-refractivity contribution in [3.05, 3.63) is 17.0 Å². The van der Waals surface area contributed by atoms with E-state index in [1.54, 1.807) is 0 Å². The van der Waals surface area contributed by atoms with Gasteiger partial charge in [-0.15, -0.1) is 0 Å². The van der Waals surface area contributed by atoms with E-state index in [0.29, 0.717) is 5.92 Å². The molecule has 0 aromatic carbocycles. The van der Waals surface area contributed by atoms with Gasteiger partial charge < -0.3 is 10.1 Å². The van der Waals surface area contributed by atoms with Crippen LogP contribution < -0.4 is 5.32 Å². The SMILES string of the molecule is CCn1nc(C2CCNCC2)c2c1CCOC2. The van der Waals surface area contributed by atoms with Gasteiger partial charge in [0, 0.05) is 30.1 Å². The van der Waals surface area contributed by atoms with Crippen molar-refractivity contribution in [1.82, 2.24) is 15.1 Å². The summed E-state index contributed by atoms with van der Waals surface area (Å²) in [6.07, 6.45) is 3.46. The molecule has 1 saturated heterocycles. The maximum atomic E-state index is 5.62. The van der Waals surface area contributed by atoms with E-state index in [9.17, 15) is 0 Å². The number of ether oxygens (including phenoxy) is 1. The van der Waals surface area contributed by atoms with E-state index in [2.05, 4.69) is 16.9 Å². The van der Waals surface area contributed by atoms with E-state index in [1.807, 2.05) is 0 Å². The molecule has 17 heavy (non-hydrogen) atoms. The number of piperidine rings is 1. The molecule has 1 N–H and O–H groups in total. The minimum atomic E-state index is 0.638. The Morgan fingerprint density at radius 1 is 1.41 bits per heavy atom. The molecular formula is C13H21N3O. The van der Waals surface area contributed by atoms with E-state index in [4.69, 9.17) is 9.84 Å². The number of aryl methyl sites for hydroxylation is 1. The van der Waals surface area contributed by atoms with Crippen LogP contribution in [-0.4, -0.2) is 29.5 Å². The molecule has 2 aliphatic heterocycles. The summed E-state index contributed by atoms with van der Waals surface area (Å²) in [5.74, 6) is 0.638. The Balaban J connectivity index is 1.95. The summed E-state index contributed by atoms with van der Waals surface area (Å²) in [6.45, 7) is 7.03. The number of fused-ring (bicyclic) bond motifs is 1. The lowest BCUT2D eigenvalue weighted by Crippen LogP contribution is -2.27. The average molecular weight is 235 g/mol. The molecule has 0 atom stereocenters. The summed E-state index contributed by atoms with van der Waals surface area (Å²) in [5, 5.41) is 8.26. The van der Waals surface area contributed by atoms with E-state index in [1.165, 1.54) is 29.8 Å². The van der Waals surface area contributed by atoms with Crippen molar-refractivity contribution >= 4 is 0 Å². The largest absolute Gasteiger partial charge is 0.376 e. The van der Waals surface area contributed by atoms with Crippen LogP contribution in [0.2, 0.25) is 0 Å². The molecule has 3 heterocycles. The summed E-state index contributed by atoms with van der Waals surface area (Å²) >= 11 is 0. The Labute approximate surface area is 102 Å². The lowest BCUT2D eigenvalue weighted by Gasteiger charge is -2.23. The Bertz CT molecular complexity index is 394. The normalized spacial score (nSPS) is 21.5. The van der Waals surface area contributed by atoms with Crippen molar-refractivity contribution in [1.29, 1.82) is 0 Å². The van der Waals surface area contributed by atoms with Gasteiger partial charge in [-0.25, -0.2) is 0 Å². The van der Waals surface area contributed by atoms with Crippen molar-refractivity contribution in [2.24, 2.45) is 0 Å². The Morgan fingerprint density at radius 2 is 2.24 bits per heavy atom. The van der Waals surface area contributed by atoms with Crippen molar-refractivity contribution in [2.45, 2.75) is 45.3 Å². The molecule has 4 heteroatoms. The van der Waals surface area contributed by atoms with Crippen LogP contribution in [0.25, 0.3) is 0 Å². The molecule has 1 fully saturated rings. The Kier molecular flexibility index (Phi) is 3.16. The molecule has 2 aliphatic rings. The van der Waals surface area contributed by atoms with Crippen molar-refractivity contribution in [3.8, 4) is 0 Å². The fraction of sp³-hybridized carbons (Fsp3) is 0.769. The molecule has 0 spiro atoms. The number of rotatable bonds is 2.